The van der Waals surface area contributed by atoms with E-state index in [1.807, 2.05) is 12.1 Å². The molecule has 0 aliphatic heterocycles. The maximum Gasteiger partial charge on any atom is 0.134 e. The van der Waals surface area contributed by atoms with Gasteiger partial charge in [0.1, 0.15) is 5.75 Å². The summed E-state index contributed by atoms with van der Waals surface area (Å²) in [5.74, 6) is 0.252. The molecule has 0 bridgehead atoms. The van der Waals surface area contributed by atoms with Crippen LogP contribution in [0.3, 0.4) is 0 Å². The zero-order valence-corrected chi connectivity index (χ0v) is 13.0. The monoisotopic (exact) mass is 371 g/mol. The average Bonchev–Trinajstić information content (AvgIpc) is 2.19. The summed E-state index contributed by atoms with van der Waals surface area (Å²) < 4.78 is 1.60. The van der Waals surface area contributed by atoms with Gasteiger partial charge in [-0.3, -0.25) is 0 Å². The fraction of sp³-hybridized carbons (Fsp3) is 0.455. The molecule has 0 fully saturated rings. The van der Waals surface area contributed by atoms with E-state index in [1.54, 1.807) is 0 Å². The minimum absolute atomic E-state index is 0. The SMILES string of the molecule is CCCC[C@@H](N)c1cc(Br)cc(Br)c1O.Cl. The van der Waals surface area contributed by atoms with Crippen molar-refractivity contribution in [3.8, 4) is 5.75 Å². The normalized spacial score (nSPS) is 12.0. The molecule has 1 aromatic carbocycles. The Labute approximate surface area is 119 Å². The van der Waals surface area contributed by atoms with Gasteiger partial charge < -0.3 is 10.8 Å². The van der Waals surface area contributed by atoms with E-state index in [1.165, 1.54) is 0 Å². The molecule has 1 atom stereocenters. The van der Waals surface area contributed by atoms with E-state index >= 15 is 0 Å². The molecule has 0 heterocycles. The summed E-state index contributed by atoms with van der Waals surface area (Å²) in [6.45, 7) is 2.13. The summed E-state index contributed by atoms with van der Waals surface area (Å²) in [6, 6.07) is 3.59. The third-order valence-electron chi connectivity index (χ3n) is 2.33. The highest BCUT2D eigenvalue weighted by molar-refractivity contribution is 9.11. The Bertz CT molecular complexity index is 347. The number of benzene rings is 1. The standard InChI is InChI=1S/C11H15Br2NO.ClH/c1-2-3-4-10(14)8-5-7(12)6-9(13)11(8)15;/h5-6,10,15H,2-4,14H2,1H3;1H/t10-;/m1./s1. The second-order valence-corrected chi connectivity index (χ2v) is 5.34. The maximum absolute atomic E-state index is 9.84. The van der Waals surface area contributed by atoms with Crippen molar-refractivity contribution in [2.75, 3.05) is 0 Å². The van der Waals surface area contributed by atoms with Gasteiger partial charge in [0, 0.05) is 16.1 Å². The molecule has 2 nitrogen and oxygen atoms in total. The van der Waals surface area contributed by atoms with E-state index in [4.69, 9.17) is 5.73 Å². The molecule has 92 valence electrons. The molecule has 1 rings (SSSR count). The minimum Gasteiger partial charge on any atom is -0.506 e. The summed E-state index contributed by atoms with van der Waals surface area (Å²) in [4.78, 5) is 0. The van der Waals surface area contributed by atoms with Crippen LogP contribution in [0.4, 0.5) is 0 Å². The van der Waals surface area contributed by atoms with Gasteiger partial charge in [-0.05, 0) is 34.5 Å². The van der Waals surface area contributed by atoms with Crippen molar-refractivity contribution in [2.45, 2.75) is 32.2 Å². The zero-order valence-electron chi connectivity index (χ0n) is 9.04. The van der Waals surface area contributed by atoms with Crippen LogP contribution in [0.15, 0.2) is 21.1 Å². The van der Waals surface area contributed by atoms with Crippen LogP contribution in [0.2, 0.25) is 0 Å². The summed E-state index contributed by atoms with van der Waals surface area (Å²) in [7, 11) is 0. The Morgan fingerprint density at radius 1 is 1.38 bits per heavy atom. The molecule has 0 unspecified atom stereocenters. The number of aromatic hydroxyl groups is 1. The van der Waals surface area contributed by atoms with Gasteiger partial charge in [-0.1, -0.05) is 35.7 Å². The van der Waals surface area contributed by atoms with E-state index in [0.29, 0.717) is 4.47 Å². The van der Waals surface area contributed by atoms with Crippen LogP contribution in [0, 0.1) is 0 Å². The number of phenolic OH excluding ortho intramolecular Hbond substituents is 1. The molecule has 5 heteroatoms. The number of halogens is 3. The zero-order chi connectivity index (χ0) is 11.4. The third-order valence-corrected chi connectivity index (χ3v) is 3.39. The number of hydrogen-bond donors (Lipinski definition) is 2. The molecule has 0 saturated heterocycles. The molecule has 0 aliphatic rings. The Morgan fingerprint density at radius 2 is 2.00 bits per heavy atom. The number of phenols is 1. The van der Waals surface area contributed by atoms with Gasteiger partial charge in [-0.15, -0.1) is 12.4 Å². The first-order valence-electron chi connectivity index (χ1n) is 4.99. The lowest BCUT2D eigenvalue weighted by molar-refractivity contribution is 0.453. The molecule has 1 aromatic rings. The van der Waals surface area contributed by atoms with E-state index < -0.39 is 0 Å². The molecule has 16 heavy (non-hydrogen) atoms. The first kappa shape index (κ1) is 16.2. The van der Waals surface area contributed by atoms with Crippen LogP contribution in [-0.4, -0.2) is 5.11 Å². The Balaban J connectivity index is 0.00000225. The van der Waals surface area contributed by atoms with Crippen LogP contribution in [0.25, 0.3) is 0 Å². The van der Waals surface area contributed by atoms with Crippen molar-refractivity contribution < 1.29 is 5.11 Å². The molecule has 0 amide bonds. The Hall–Kier alpha value is 0.230. The highest BCUT2D eigenvalue weighted by atomic mass is 79.9. The second kappa shape index (κ2) is 7.54. The fourth-order valence-corrected chi connectivity index (χ4v) is 2.71. The molecule has 0 saturated carbocycles. The fourth-order valence-electron chi connectivity index (χ4n) is 1.45. The van der Waals surface area contributed by atoms with Crippen molar-refractivity contribution >= 4 is 44.3 Å². The Morgan fingerprint density at radius 3 is 2.56 bits per heavy atom. The molecule has 0 spiro atoms. The molecule has 0 aromatic heterocycles. The lowest BCUT2D eigenvalue weighted by atomic mass is 10.0. The van der Waals surface area contributed by atoms with Gasteiger partial charge in [0.05, 0.1) is 4.47 Å². The lowest BCUT2D eigenvalue weighted by Crippen LogP contribution is -2.10. The van der Waals surface area contributed by atoms with Gasteiger partial charge in [-0.2, -0.15) is 0 Å². The van der Waals surface area contributed by atoms with Gasteiger partial charge in [0.15, 0.2) is 0 Å². The highest BCUT2D eigenvalue weighted by Crippen LogP contribution is 2.35. The van der Waals surface area contributed by atoms with Gasteiger partial charge in [-0.25, -0.2) is 0 Å². The van der Waals surface area contributed by atoms with E-state index in [9.17, 15) is 5.11 Å². The van der Waals surface area contributed by atoms with Crippen LogP contribution in [0.1, 0.15) is 37.8 Å². The van der Waals surface area contributed by atoms with Crippen molar-refractivity contribution in [3.05, 3.63) is 26.6 Å². The maximum atomic E-state index is 9.84. The summed E-state index contributed by atoms with van der Waals surface area (Å²) in [6.07, 6.45) is 3.08. The average molecular weight is 374 g/mol. The van der Waals surface area contributed by atoms with Crippen LogP contribution in [-0.2, 0) is 0 Å². The molecule has 3 N–H and O–H groups in total. The van der Waals surface area contributed by atoms with E-state index in [-0.39, 0.29) is 24.2 Å². The van der Waals surface area contributed by atoms with Crippen molar-refractivity contribution in [1.29, 1.82) is 0 Å². The number of unbranched alkanes of at least 4 members (excludes halogenated alkanes) is 1. The van der Waals surface area contributed by atoms with Gasteiger partial charge >= 0.3 is 0 Å². The molecular formula is C11H16Br2ClNO. The van der Waals surface area contributed by atoms with E-state index in [2.05, 4.69) is 38.8 Å². The number of rotatable bonds is 4. The van der Waals surface area contributed by atoms with Gasteiger partial charge in [0.2, 0.25) is 0 Å². The first-order valence-corrected chi connectivity index (χ1v) is 6.58. The third kappa shape index (κ3) is 4.24. The van der Waals surface area contributed by atoms with E-state index in [0.717, 1.165) is 29.3 Å². The topological polar surface area (TPSA) is 46.2 Å². The molecule has 0 aliphatic carbocycles. The van der Waals surface area contributed by atoms with Crippen LogP contribution >= 0.6 is 44.3 Å². The highest BCUT2D eigenvalue weighted by Gasteiger charge is 2.13. The van der Waals surface area contributed by atoms with Crippen molar-refractivity contribution in [2.24, 2.45) is 5.73 Å². The Kier molecular flexibility index (Phi) is 7.64. The minimum atomic E-state index is -0.0984. The van der Waals surface area contributed by atoms with Crippen LogP contribution < -0.4 is 5.73 Å². The summed E-state index contributed by atoms with van der Waals surface area (Å²) in [5, 5.41) is 9.84. The van der Waals surface area contributed by atoms with Crippen molar-refractivity contribution in [1.82, 2.24) is 0 Å². The smallest absolute Gasteiger partial charge is 0.134 e. The van der Waals surface area contributed by atoms with Gasteiger partial charge in [0.25, 0.3) is 0 Å². The number of hydrogen-bond acceptors (Lipinski definition) is 2. The molecular weight excluding hydrogens is 357 g/mol. The lowest BCUT2D eigenvalue weighted by Gasteiger charge is -2.14. The predicted octanol–water partition coefficient (Wildman–Crippen LogP) is 4.53. The first-order chi connectivity index (χ1) is 7.06. The van der Waals surface area contributed by atoms with Crippen LogP contribution in [0.5, 0.6) is 5.75 Å². The predicted molar refractivity (Wildman–Crippen MR) is 77.2 cm³/mol. The second-order valence-electron chi connectivity index (χ2n) is 3.57. The molecule has 0 radical (unpaired) electrons. The number of nitrogens with two attached hydrogens (primary N) is 1. The summed E-state index contributed by atoms with van der Waals surface area (Å²) in [5.41, 5.74) is 6.81. The summed E-state index contributed by atoms with van der Waals surface area (Å²) >= 11 is 6.68. The largest absolute Gasteiger partial charge is 0.506 e. The van der Waals surface area contributed by atoms with Crippen molar-refractivity contribution in [3.63, 3.8) is 0 Å². The quantitative estimate of drug-likeness (QED) is 0.815.